The fourth-order valence-electron chi connectivity index (χ4n) is 0.849. The van der Waals surface area contributed by atoms with Crippen LogP contribution in [0.1, 0.15) is 40.5 Å². The Morgan fingerprint density at radius 2 is 1.80 bits per heavy atom. The third-order valence-corrected chi connectivity index (χ3v) is 1.42. The van der Waals surface area contributed by atoms with Gasteiger partial charge >= 0.3 is 0 Å². The van der Waals surface area contributed by atoms with Crippen LogP contribution in [0.4, 0.5) is 0 Å². The quantitative estimate of drug-likeness (QED) is 0.551. The number of rotatable bonds is 4. The number of hydrogen-bond acceptors (Lipinski definition) is 1. The highest BCUT2D eigenvalue weighted by atomic mass is 16.5. The zero-order chi connectivity index (χ0) is 8.04. The molecule has 0 aromatic heterocycles. The first-order chi connectivity index (χ1) is 4.56. The van der Waals surface area contributed by atoms with E-state index in [1.165, 1.54) is 12.8 Å². The summed E-state index contributed by atoms with van der Waals surface area (Å²) >= 11 is 0. The molecule has 0 atom stereocenters. The molecule has 0 radical (unpaired) electrons. The maximum Gasteiger partial charge on any atom is 0.0466 e. The molecule has 0 aliphatic rings. The largest absolute Gasteiger partial charge is 0.382 e. The van der Waals surface area contributed by atoms with Crippen molar-refractivity contribution in [2.24, 2.45) is 5.41 Å². The Morgan fingerprint density at radius 1 is 1.20 bits per heavy atom. The van der Waals surface area contributed by atoms with Crippen LogP contribution in [0.2, 0.25) is 0 Å². The summed E-state index contributed by atoms with van der Waals surface area (Å²) in [5, 5.41) is 0. The molecule has 0 heterocycles. The van der Waals surface area contributed by atoms with Crippen molar-refractivity contribution in [2.45, 2.75) is 40.5 Å². The summed E-state index contributed by atoms with van der Waals surface area (Å²) in [6.45, 7) is 10.6. The van der Waals surface area contributed by atoms with Crippen LogP contribution in [-0.4, -0.2) is 13.2 Å². The maximum absolute atomic E-state index is 5.23. The van der Waals surface area contributed by atoms with Crippen molar-refractivity contribution in [2.75, 3.05) is 13.2 Å². The molecule has 0 rings (SSSR count). The molecule has 0 N–H and O–H groups in total. The van der Waals surface area contributed by atoms with Crippen molar-refractivity contribution in [3.8, 4) is 0 Å². The molecule has 0 aliphatic carbocycles. The molecule has 0 saturated carbocycles. The molecule has 0 spiro atoms. The normalized spacial score (nSPS) is 12.0. The van der Waals surface area contributed by atoms with Gasteiger partial charge in [-0.2, -0.15) is 0 Å². The van der Waals surface area contributed by atoms with Gasteiger partial charge in [-0.25, -0.2) is 0 Å². The van der Waals surface area contributed by atoms with E-state index in [4.69, 9.17) is 4.74 Å². The summed E-state index contributed by atoms with van der Waals surface area (Å²) in [6, 6.07) is 0. The molecule has 0 amide bonds. The topological polar surface area (TPSA) is 9.23 Å². The van der Waals surface area contributed by atoms with Gasteiger partial charge in [-0.1, -0.05) is 20.8 Å². The van der Waals surface area contributed by atoms with Gasteiger partial charge in [0.1, 0.15) is 0 Å². The summed E-state index contributed by atoms with van der Waals surface area (Å²) in [4.78, 5) is 0. The van der Waals surface area contributed by atoms with Crippen LogP contribution >= 0.6 is 0 Å². The van der Waals surface area contributed by atoms with E-state index in [9.17, 15) is 0 Å². The minimum atomic E-state index is 0.469. The first-order valence-corrected chi connectivity index (χ1v) is 4.14. The van der Waals surface area contributed by atoms with E-state index in [2.05, 4.69) is 20.8 Å². The third-order valence-electron chi connectivity index (χ3n) is 1.42. The standard InChI is InChI=1S/C9H20O/c1-5-10-8-6-7-9(2,3)4/h5-8H2,1-4H3. The number of hydrogen-bond donors (Lipinski definition) is 0. The Morgan fingerprint density at radius 3 is 2.20 bits per heavy atom. The van der Waals surface area contributed by atoms with E-state index in [1.54, 1.807) is 0 Å². The average Bonchev–Trinajstić information content (AvgIpc) is 1.78. The van der Waals surface area contributed by atoms with Crippen molar-refractivity contribution >= 4 is 0 Å². The average molecular weight is 144 g/mol. The van der Waals surface area contributed by atoms with E-state index in [1.807, 2.05) is 6.92 Å². The first kappa shape index (κ1) is 9.96. The minimum Gasteiger partial charge on any atom is -0.382 e. The molecule has 1 heteroatoms. The summed E-state index contributed by atoms with van der Waals surface area (Å²) in [7, 11) is 0. The second kappa shape index (κ2) is 4.73. The summed E-state index contributed by atoms with van der Waals surface area (Å²) < 4.78 is 5.23. The van der Waals surface area contributed by atoms with Gasteiger partial charge in [0, 0.05) is 13.2 Å². The lowest BCUT2D eigenvalue weighted by molar-refractivity contribution is 0.134. The molecule has 0 fully saturated rings. The predicted octanol–water partition coefficient (Wildman–Crippen LogP) is 2.85. The van der Waals surface area contributed by atoms with Crippen LogP contribution < -0.4 is 0 Å². The lowest BCUT2D eigenvalue weighted by atomic mass is 9.91. The fraction of sp³-hybridized carbons (Fsp3) is 1.00. The van der Waals surface area contributed by atoms with Gasteiger partial charge in [-0.3, -0.25) is 0 Å². The predicted molar refractivity (Wildman–Crippen MR) is 45.2 cm³/mol. The summed E-state index contributed by atoms with van der Waals surface area (Å²) in [5.74, 6) is 0. The van der Waals surface area contributed by atoms with Crippen LogP contribution in [0, 0.1) is 5.41 Å². The summed E-state index contributed by atoms with van der Waals surface area (Å²) in [5.41, 5.74) is 0.469. The van der Waals surface area contributed by atoms with Crippen LogP contribution in [0.3, 0.4) is 0 Å². The first-order valence-electron chi connectivity index (χ1n) is 4.14. The van der Waals surface area contributed by atoms with Crippen molar-refractivity contribution < 1.29 is 4.74 Å². The van der Waals surface area contributed by atoms with Gasteiger partial charge in [0.15, 0.2) is 0 Å². The van der Waals surface area contributed by atoms with Gasteiger partial charge < -0.3 is 4.74 Å². The highest BCUT2D eigenvalue weighted by Gasteiger charge is 2.08. The second-order valence-corrected chi connectivity index (χ2v) is 3.86. The van der Waals surface area contributed by atoms with E-state index in [0.29, 0.717) is 5.41 Å². The van der Waals surface area contributed by atoms with Gasteiger partial charge in [-0.15, -0.1) is 0 Å². The van der Waals surface area contributed by atoms with E-state index < -0.39 is 0 Å². The summed E-state index contributed by atoms with van der Waals surface area (Å²) in [6.07, 6.45) is 2.45. The van der Waals surface area contributed by atoms with Crippen molar-refractivity contribution in [1.29, 1.82) is 0 Å². The van der Waals surface area contributed by atoms with Gasteiger partial charge in [0.25, 0.3) is 0 Å². The Hall–Kier alpha value is -0.0400. The Labute approximate surface area is 64.8 Å². The smallest absolute Gasteiger partial charge is 0.0466 e. The Kier molecular flexibility index (Phi) is 4.71. The van der Waals surface area contributed by atoms with E-state index in [0.717, 1.165) is 13.2 Å². The van der Waals surface area contributed by atoms with Crippen LogP contribution in [0.15, 0.2) is 0 Å². The highest BCUT2D eigenvalue weighted by molar-refractivity contribution is 4.60. The molecular weight excluding hydrogens is 124 g/mol. The van der Waals surface area contributed by atoms with Crippen LogP contribution in [-0.2, 0) is 4.74 Å². The van der Waals surface area contributed by atoms with Gasteiger partial charge in [-0.05, 0) is 25.2 Å². The maximum atomic E-state index is 5.23. The van der Waals surface area contributed by atoms with Gasteiger partial charge in [0.05, 0.1) is 0 Å². The molecule has 1 nitrogen and oxygen atoms in total. The molecule has 0 aromatic carbocycles. The molecule has 0 saturated heterocycles. The van der Waals surface area contributed by atoms with Gasteiger partial charge in [0.2, 0.25) is 0 Å². The van der Waals surface area contributed by atoms with Crippen molar-refractivity contribution in [3.05, 3.63) is 0 Å². The molecular formula is C9H20O. The third kappa shape index (κ3) is 7.96. The lowest BCUT2D eigenvalue weighted by Gasteiger charge is -2.17. The molecule has 0 aliphatic heterocycles. The monoisotopic (exact) mass is 144 g/mol. The van der Waals surface area contributed by atoms with Crippen LogP contribution in [0.25, 0.3) is 0 Å². The minimum absolute atomic E-state index is 0.469. The number of ether oxygens (including phenoxy) is 1. The lowest BCUT2D eigenvalue weighted by Crippen LogP contribution is -2.06. The van der Waals surface area contributed by atoms with E-state index in [-0.39, 0.29) is 0 Å². The zero-order valence-electron chi connectivity index (χ0n) is 7.74. The zero-order valence-corrected chi connectivity index (χ0v) is 7.74. The van der Waals surface area contributed by atoms with E-state index >= 15 is 0 Å². The Balaban J connectivity index is 3.04. The molecule has 62 valence electrons. The highest BCUT2D eigenvalue weighted by Crippen LogP contribution is 2.19. The van der Waals surface area contributed by atoms with Crippen LogP contribution in [0.5, 0.6) is 0 Å². The van der Waals surface area contributed by atoms with Crippen molar-refractivity contribution in [1.82, 2.24) is 0 Å². The van der Waals surface area contributed by atoms with Crippen molar-refractivity contribution in [3.63, 3.8) is 0 Å². The molecule has 0 aromatic rings. The Bertz CT molecular complexity index is 71.3. The second-order valence-electron chi connectivity index (χ2n) is 3.86. The fourth-order valence-corrected chi connectivity index (χ4v) is 0.849. The molecule has 10 heavy (non-hydrogen) atoms. The molecule has 0 bridgehead atoms. The SMILES string of the molecule is CCOCCCC(C)(C)C. The molecule has 0 unspecified atom stereocenters.